The summed E-state index contributed by atoms with van der Waals surface area (Å²) in [5, 5.41) is 0. The first kappa shape index (κ1) is 15.8. The van der Waals surface area contributed by atoms with E-state index in [-0.39, 0.29) is 6.04 Å². The Kier molecular flexibility index (Phi) is 5.18. The Balaban J connectivity index is 2.14. The van der Waals surface area contributed by atoms with Crippen molar-refractivity contribution in [1.82, 2.24) is 9.97 Å². The molecule has 3 N–H and O–H groups in total. The summed E-state index contributed by atoms with van der Waals surface area (Å²) in [6.45, 7) is 8.80. The number of imidazole rings is 1. The monoisotopic (exact) mass is 285 g/mol. The minimum Gasteiger partial charge on any atom is -0.341 e. The first-order chi connectivity index (χ1) is 10.0. The van der Waals surface area contributed by atoms with Crippen molar-refractivity contribution >= 4 is 0 Å². The Hall–Kier alpha value is -1.61. The van der Waals surface area contributed by atoms with Crippen LogP contribution >= 0.6 is 0 Å². The fraction of sp³-hybridized carbons (Fsp3) is 0.500. The number of aromatic nitrogens is 2. The third-order valence-corrected chi connectivity index (χ3v) is 4.08. The van der Waals surface area contributed by atoms with Crippen molar-refractivity contribution in [1.29, 1.82) is 0 Å². The molecule has 0 aliphatic heterocycles. The molecule has 2 unspecified atom stereocenters. The highest BCUT2D eigenvalue weighted by molar-refractivity contribution is 5.58. The summed E-state index contributed by atoms with van der Waals surface area (Å²) in [7, 11) is 0. The first-order valence-electron chi connectivity index (χ1n) is 7.91. The van der Waals surface area contributed by atoms with Crippen LogP contribution in [0.25, 0.3) is 11.3 Å². The van der Waals surface area contributed by atoms with Gasteiger partial charge in [0.15, 0.2) is 0 Å². The van der Waals surface area contributed by atoms with Crippen LogP contribution in [-0.4, -0.2) is 9.97 Å². The van der Waals surface area contributed by atoms with Gasteiger partial charge in [-0.15, -0.1) is 0 Å². The fourth-order valence-corrected chi connectivity index (χ4v) is 2.47. The molecule has 1 aromatic carbocycles. The molecule has 2 rings (SSSR count). The van der Waals surface area contributed by atoms with Crippen LogP contribution in [0.3, 0.4) is 0 Å². The maximum Gasteiger partial charge on any atom is 0.123 e. The summed E-state index contributed by atoms with van der Waals surface area (Å²) in [5.74, 6) is 1.99. The number of nitrogens with zero attached hydrogens (tertiary/aromatic N) is 1. The fourth-order valence-electron chi connectivity index (χ4n) is 2.47. The van der Waals surface area contributed by atoms with E-state index < -0.39 is 0 Å². The molecular weight excluding hydrogens is 258 g/mol. The first-order valence-corrected chi connectivity index (χ1v) is 7.91. The molecule has 0 fully saturated rings. The molecule has 0 saturated carbocycles. The van der Waals surface area contributed by atoms with Gasteiger partial charge in [0.05, 0.1) is 17.9 Å². The average Bonchev–Trinajstić information content (AvgIpc) is 2.95. The van der Waals surface area contributed by atoms with E-state index >= 15 is 0 Å². The van der Waals surface area contributed by atoms with E-state index in [0.29, 0.717) is 11.8 Å². The van der Waals surface area contributed by atoms with Gasteiger partial charge < -0.3 is 10.7 Å². The minimum absolute atomic E-state index is 0.0241. The number of nitrogens with two attached hydrogens (primary N) is 1. The van der Waals surface area contributed by atoms with Gasteiger partial charge in [-0.3, -0.25) is 0 Å². The number of hydrogen-bond donors (Lipinski definition) is 2. The van der Waals surface area contributed by atoms with E-state index in [1.165, 1.54) is 5.56 Å². The molecule has 0 amide bonds. The molecule has 21 heavy (non-hydrogen) atoms. The Morgan fingerprint density at radius 1 is 1.14 bits per heavy atom. The van der Waals surface area contributed by atoms with Crippen LogP contribution in [-0.2, 0) is 6.42 Å². The summed E-state index contributed by atoms with van der Waals surface area (Å²) in [6.07, 6.45) is 4.06. The lowest BCUT2D eigenvalue weighted by Crippen LogP contribution is -2.19. The number of benzene rings is 1. The van der Waals surface area contributed by atoms with Crippen LogP contribution in [0.2, 0.25) is 0 Å². The second kappa shape index (κ2) is 6.90. The van der Waals surface area contributed by atoms with Crippen LogP contribution in [0, 0.1) is 11.8 Å². The van der Waals surface area contributed by atoms with Gasteiger partial charge in [-0.2, -0.15) is 0 Å². The zero-order valence-corrected chi connectivity index (χ0v) is 13.6. The molecule has 0 radical (unpaired) electrons. The summed E-state index contributed by atoms with van der Waals surface area (Å²) in [6, 6.07) is 8.69. The van der Waals surface area contributed by atoms with Gasteiger partial charge in [0.25, 0.3) is 0 Å². The number of H-pyrrole nitrogens is 1. The van der Waals surface area contributed by atoms with Gasteiger partial charge in [0.2, 0.25) is 0 Å². The Morgan fingerprint density at radius 2 is 1.81 bits per heavy atom. The van der Waals surface area contributed by atoms with Gasteiger partial charge >= 0.3 is 0 Å². The van der Waals surface area contributed by atoms with E-state index in [1.807, 2.05) is 6.20 Å². The molecule has 0 spiro atoms. The highest BCUT2D eigenvalue weighted by Crippen LogP contribution is 2.23. The normalized spacial score (nSPS) is 14.4. The molecular formula is C18H27N3. The predicted molar refractivity (Wildman–Crippen MR) is 88.9 cm³/mol. The van der Waals surface area contributed by atoms with Crippen molar-refractivity contribution in [3.63, 3.8) is 0 Å². The minimum atomic E-state index is -0.0241. The van der Waals surface area contributed by atoms with Crippen molar-refractivity contribution in [2.75, 3.05) is 0 Å². The van der Waals surface area contributed by atoms with Crippen molar-refractivity contribution in [2.24, 2.45) is 17.6 Å². The number of nitrogens with one attached hydrogen (secondary N) is 1. The van der Waals surface area contributed by atoms with Gasteiger partial charge in [-0.25, -0.2) is 4.98 Å². The molecule has 3 heteroatoms. The molecule has 3 nitrogen and oxygen atoms in total. The predicted octanol–water partition coefficient (Wildman–Crippen LogP) is 4.32. The van der Waals surface area contributed by atoms with Crippen molar-refractivity contribution in [3.8, 4) is 11.3 Å². The third kappa shape index (κ3) is 3.94. The summed E-state index contributed by atoms with van der Waals surface area (Å²) in [5.41, 5.74) is 9.81. The highest BCUT2D eigenvalue weighted by Gasteiger charge is 2.16. The number of rotatable bonds is 6. The molecule has 0 saturated heterocycles. The lowest BCUT2D eigenvalue weighted by molar-refractivity contribution is 0.441. The Labute approximate surface area is 128 Å². The van der Waals surface area contributed by atoms with Gasteiger partial charge in [-0.05, 0) is 29.4 Å². The molecule has 0 aliphatic rings. The third-order valence-electron chi connectivity index (χ3n) is 4.08. The quantitative estimate of drug-likeness (QED) is 0.830. The topological polar surface area (TPSA) is 54.7 Å². The number of aromatic amines is 1. The summed E-state index contributed by atoms with van der Waals surface area (Å²) < 4.78 is 0. The zero-order chi connectivity index (χ0) is 15.4. The van der Waals surface area contributed by atoms with E-state index in [0.717, 1.165) is 29.9 Å². The van der Waals surface area contributed by atoms with Crippen LogP contribution in [0.4, 0.5) is 0 Å². The van der Waals surface area contributed by atoms with Crippen molar-refractivity contribution < 1.29 is 0 Å². The Bertz CT molecular complexity index is 554. The lowest BCUT2D eigenvalue weighted by Gasteiger charge is -2.15. The maximum atomic E-state index is 6.23. The second-order valence-corrected chi connectivity index (χ2v) is 6.39. The van der Waals surface area contributed by atoms with Gasteiger partial charge in [-0.1, -0.05) is 58.4 Å². The molecule has 114 valence electrons. The van der Waals surface area contributed by atoms with Crippen LogP contribution in [0.5, 0.6) is 0 Å². The molecule has 0 bridgehead atoms. The van der Waals surface area contributed by atoms with Crippen molar-refractivity contribution in [2.45, 2.75) is 46.6 Å². The SMILES string of the molecule is CCC(C)C(N)c1ncc(-c2ccc(CC(C)C)cc2)[nH]1. The smallest absolute Gasteiger partial charge is 0.123 e. The van der Waals surface area contributed by atoms with E-state index in [4.69, 9.17) is 5.73 Å². The molecule has 2 aromatic rings. The van der Waals surface area contributed by atoms with Gasteiger partial charge in [0.1, 0.15) is 5.82 Å². The standard InChI is InChI=1S/C18H27N3/c1-5-13(4)17(19)18-20-11-16(21-18)15-8-6-14(7-9-15)10-12(2)3/h6-9,11-13,17H,5,10,19H2,1-4H3,(H,20,21). The highest BCUT2D eigenvalue weighted by atomic mass is 15.0. The van der Waals surface area contributed by atoms with E-state index in [2.05, 4.69) is 61.9 Å². The largest absolute Gasteiger partial charge is 0.341 e. The maximum absolute atomic E-state index is 6.23. The molecule has 2 atom stereocenters. The van der Waals surface area contributed by atoms with Crippen molar-refractivity contribution in [3.05, 3.63) is 41.9 Å². The Morgan fingerprint density at radius 3 is 2.38 bits per heavy atom. The molecule has 1 heterocycles. The van der Waals surface area contributed by atoms with Crippen LogP contribution in [0.1, 0.15) is 51.5 Å². The average molecular weight is 285 g/mol. The second-order valence-electron chi connectivity index (χ2n) is 6.39. The van der Waals surface area contributed by atoms with Crippen LogP contribution in [0.15, 0.2) is 30.5 Å². The van der Waals surface area contributed by atoms with Crippen LogP contribution < -0.4 is 5.73 Å². The zero-order valence-electron chi connectivity index (χ0n) is 13.6. The van der Waals surface area contributed by atoms with E-state index in [9.17, 15) is 0 Å². The summed E-state index contributed by atoms with van der Waals surface area (Å²) in [4.78, 5) is 7.82. The molecule has 1 aromatic heterocycles. The molecule has 0 aliphatic carbocycles. The number of hydrogen-bond acceptors (Lipinski definition) is 2. The summed E-state index contributed by atoms with van der Waals surface area (Å²) >= 11 is 0. The lowest BCUT2D eigenvalue weighted by atomic mass is 10.00. The van der Waals surface area contributed by atoms with E-state index in [1.54, 1.807) is 0 Å². The van der Waals surface area contributed by atoms with Gasteiger partial charge in [0, 0.05) is 0 Å².